The van der Waals surface area contributed by atoms with Gasteiger partial charge in [0.05, 0.1) is 6.61 Å². The first kappa shape index (κ1) is 12.9. The summed E-state index contributed by atoms with van der Waals surface area (Å²) >= 11 is 1.86. The highest BCUT2D eigenvalue weighted by Crippen LogP contribution is 2.24. The predicted octanol–water partition coefficient (Wildman–Crippen LogP) is 1.54. The molecule has 0 spiro atoms. The molecule has 1 saturated heterocycles. The van der Waals surface area contributed by atoms with Crippen molar-refractivity contribution in [3.63, 3.8) is 0 Å². The largest absolute Gasteiger partial charge is 0.368 e. The van der Waals surface area contributed by atoms with Crippen LogP contribution in [0.25, 0.3) is 0 Å². The second-order valence-electron chi connectivity index (χ2n) is 4.23. The Morgan fingerprint density at radius 1 is 1.59 bits per heavy atom. The van der Waals surface area contributed by atoms with E-state index >= 15 is 0 Å². The standard InChI is InChI=1S/C11H19N3O2S/c1-2-3-8(12)6-10-13-11(14-16-10)9-7-17-5-4-15-9/h8-9H,2-7,12H2,1H3. The minimum atomic E-state index is -0.0198. The summed E-state index contributed by atoms with van der Waals surface area (Å²) in [6, 6.07) is 0.106. The molecule has 0 bridgehead atoms. The molecule has 2 atom stereocenters. The summed E-state index contributed by atoms with van der Waals surface area (Å²) in [4.78, 5) is 4.36. The maximum Gasteiger partial charge on any atom is 0.228 e. The van der Waals surface area contributed by atoms with Crippen LogP contribution in [-0.4, -0.2) is 34.3 Å². The van der Waals surface area contributed by atoms with Gasteiger partial charge in [-0.15, -0.1) is 0 Å². The van der Waals surface area contributed by atoms with E-state index in [0.29, 0.717) is 18.1 Å². The lowest BCUT2D eigenvalue weighted by atomic mass is 10.1. The van der Waals surface area contributed by atoms with E-state index in [1.165, 1.54) is 0 Å². The summed E-state index contributed by atoms with van der Waals surface area (Å²) in [5.41, 5.74) is 5.94. The Morgan fingerprint density at radius 2 is 2.47 bits per heavy atom. The first-order chi connectivity index (χ1) is 8.29. The molecule has 17 heavy (non-hydrogen) atoms. The Balaban J connectivity index is 1.90. The van der Waals surface area contributed by atoms with Crippen molar-refractivity contribution in [2.45, 2.75) is 38.3 Å². The molecule has 2 N–H and O–H groups in total. The van der Waals surface area contributed by atoms with Gasteiger partial charge in [0.25, 0.3) is 0 Å². The quantitative estimate of drug-likeness (QED) is 0.862. The number of ether oxygens (including phenoxy) is 1. The highest BCUT2D eigenvalue weighted by Gasteiger charge is 2.22. The molecule has 5 nitrogen and oxygen atoms in total. The summed E-state index contributed by atoms with van der Waals surface area (Å²) in [5.74, 6) is 3.23. The molecule has 0 aromatic carbocycles. The van der Waals surface area contributed by atoms with Gasteiger partial charge in [-0.3, -0.25) is 0 Å². The average Bonchev–Trinajstić information content (AvgIpc) is 2.79. The van der Waals surface area contributed by atoms with Crippen molar-refractivity contribution in [2.75, 3.05) is 18.1 Å². The third-order valence-corrected chi connectivity index (χ3v) is 3.68. The fourth-order valence-corrected chi connectivity index (χ4v) is 2.66. The zero-order chi connectivity index (χ0) is 12.1. The van der Waals surface area contributed by atoms with E-state index in [1.807, 2.05) is 11.8 Å². The van der Waals surface area contributed by atoms with E-state index in [9.17, 15) is 0 Å². The van der Waals surface area contributed by atoms with Gasteiger partial charge in [0, 0.05) is 24.0 Å². The Kier molecular flexibility index (Phi) is 4.82. The van der Waals surface area contributed by atoms with Crippen LogP contribution in [0.5, 0.6) is 0 Å². The Bertz CT molecular complexity index is 339. The van der Waals surface area contributed by atoms with Crippen LogP contribution in [-0.2, 0) is 11.2 Å². The molecular weight excluding hydrogens is 238 g/mol. The minimum Gasteiger partial charge on any atom is -0.368 e. The highest BCUT2D eigenvalue weighted by atomic mass is 32.2. The van der Waals surface area contributed by atoms with Crippen LogP contribution in [0, 0.1) is 0 Å². The van der Waals surface area contributed by atoms with Gasteiger partial charge in [-0.2, -0.15) is 16.7 Å². The fourth-order valence-electron chi connectivity index (χ4n) is 1.82. The number of hydrogen-bond acceptors (Lipinski definition) is 6. The monoisotopic (exact) mass is 257 g/mol. The highest BCUT2D eigenvalue weighted by molar-refractivity contribution is 7.99. The van der Waals surface area contributed by atoms with Crippen molar-refractivity contribution >= 4 is 11.8 Å². The molecule has 1 aromatic rings. The number of aromatic nitrogens is 2. The molecule has 1 aromatic heterocycles. The molecule has 96 valence electrons. The normalized spacial score (nSPS) is 22.6. The van der Waals surface area contributed by atoms with Crippen molar-refractivity contribution in [3.05, 3.63) is 11.7 Å². The number of nitrogens with two attached hydrogens (primary N) is 1. The van der Waals surface area contributed by atoms with Gasteiger partial charge in [0.2, 0.25) is 11.7 Å². The Hall–Kier alpha value is -0.590. The zero-order valence-corrected chi connectivity index (χ0v) is 10.9. The van der Waals surface area contributed by atoms with Crippen LogP contribution < -0.4 is 5.73 Å². The summed E-state index contributed by atoms with van der Waals surface area (Å²) in [6.45, 7) is 2.88. The van der Waals surface area contributed by atoms with Crippen LogP contribution in [0.15, 0.2) is 4.52 Å². The third-order valence-electron chi connectivity index (χ3n) is 2.68. The minimum absolute atomic E-state index is 0.0198. The van der Waals surface area contributed by atoms with Gasteiger partial charge in [-0.25, -0.2) is 0 Å². The number of hydrogen-bond donors (Lipinski definition) is 1. The van der Waals surface area contributed by atoms with Crippen molar-refractivity contribution in [2.24, 2.45) is 5.73 Å². The zero-order valence-electron chi connectivity index (χ0n) is 10.1. The van der Waals surface area contributed by atoms with Crippen molar-refractivity contribution < 1.29 is 9.26 Å². The summed E-state index contributed by atoms with van der Waals surface area (Å²) in [6.07, 6.45) is 2.69. The van der Waals surface area contributed by atoms with E-state index in [2.05, 4.69) is 17.1 Å². The maximum atomic E-state index is 5.94. The molecule has 0 amide bonds. The van der Waals surface area contributed by atoms with E-state index in [1.54, 1.807) is 0 Å². The van der Waals surface area contributed by atoms with Gasteiger partial charge in [-0.05, 0) is 6.42 Å². The SMILES string of the molecule is CCCC(N)Cc1nc(C2CSCCO2)no1. The summed E-state index contributed by atoms with van der Waals surface area (Å²) < 4.78 is 10.8. The van der Waals surface area contributed by atoms with Gasteiger partial charge in [0.15, 0.2) is 0 Å². The van der Waals surface area contributed by atoms with Crippen molar-refractivity contribution in [3.8, 4) is 0 Å². The Morgan fingerprint density at radius 3 is 3.18 bits per heavy atom. The number of thioether (sulfide) groups is 1. The van der Waals surface area contributed by atoms with E-state index in [-0.39, 0.29) is 12.1 Å². The average molecular weight is 257 g/mol. The van der Waals surface area contributed by atoms with E-state index < -0.39 is 0 Å². The summed E-state index contributed by atoms with van der Waals surface area (Å²) in [5, 5.41) is 3.97. The van der Waals surface area contributed by atoms with Crippen LogP contribution >= 0.6 is 11.8 Å². The third kappa shape index (κ3) is 3.69. The number of rotatable bonds is 5. The van der Waals surface area contributed by atoms with Crippen LogP contribution in [0.3, 0.4) is 0 Å². The summed E-state index contributed by atoms with van der Waals surface area (Å²) in [7, 11) is 0. The van der Waals surface area contributed by atoms with Crippen molar-refractivity contribution in [1.29, 1.82) is 0 Å². The molecule has 1 aliphatic rings. The molecule has 2 unspecified atom stereocenters. The fraction of sp³-hybridized carbons (Fsp3) is 0.818. The lowest BCUT2D eigenvalue weighted by Crippen LogP contribution is -2.22. The van der Waals surface area contributed by atoms with Crippen molar-refractivity contribution in [1.82, 2.24) is 10.1 Å². The van der Waals surface area contributed by atoms with Gasteiger partial charge < -0.3 is 15.0 Å². The van der Waals surface area contributed by atoms with Gasteiger partial charge >= 0.3 is 0 Å². The van der Waals surface area contributed by atoms with Crippen LogP contribution in [0.1, 0.15) is 37.6 Å². The molecule has 6 heteroatoms. The molecule has 0 aliphatic carbocycles. The first-order valence-corrected chi connectivity index (χ1v) is 7.22. The van der Waals surface area contributed by atoms with Crippen LogP contribution in [0.4, 0.5) is 0 Å². The lowest BCUT2D eigenvalue weighted by Gasteiger charge is -2.18. The molecule has 1 fully saturated rings. The molecule has 2 heterocycles. The first-order valence-electron chi connectivity index (χ1n) is 6.07. The van der Waals surface area contributed by atoms with Gasteiger partial charge in [-0.1, -0.05) is 18.5 Å². The van der Waals surface area contributed by atoms with Crippen LogP contribution in [0.2, 0.25) is 0 Å². The van der Waals surface area contributed by atoms with E-state index in [4.69, 9.17) is 15.0 Å². The smallest absolute Gasteiger partial charge is 0.228 e. The number of nitrogens with zero attached hydrogens (tertiary/aromatic N) is 2. The Labute approximate surface area is 105 Å². The topological polar surface area (TPSA) is 74.2 Å². The predicted molar refractivity (Wildman–Crippen MR) is 66.9 cm³/mol. The maximum absolute atomic E-state index is 5.94. The second-order valence-corrected chi connectivity index (χ2v) is 5.38. The lowest BCUT2D eigenvalue weighted by molar-refractivity contribution is 0.0677. The molecular formula is C11H19N3O2S. The molecule has 0 saturated carbocycles. The van der Waals surface area contributed by atoms with E-state index in [0.717, 1.165) is 31.0 Å². The van der Waals surface area contributed by atoms with Gasteiger partial charge in [0.1, 0.15) is 6.10 Å². The molecule has 1 aliphatic heterocycles. The second kappa shape index (κ2) is 6.37. The molecule has 2 rings (SSSR count). The molecule has 0 radical (unpaired) electrons.